The Morgan fingerprint density at radius 3 is 2.72 bits per heavy atom. The number of carbonyl (C=O) groups is 3. The van der Waals surface area contributed by atoms with Gasteiger partial charge in [-0.2, -0.15) is 0 Å². The Balaban J connectivity index is 1.60. The molecule has 1 heterocycles. The van der Waals surface area contributed by atoms with Crippen LogP contribution in [0.25, 0.3) is 10.9 Å². The summed E-state index contributed by atoms with van der Waals surface area (Å²) in [6.45, 7) is 2.05. The van der Waals surface area contributed by atoms with Crippen molar-refractivity contribution in [2.75, 3.05) is 19.8 Å². The Morgan fingerprint density at radius 2 is 1.90 bits per heavy atom. The molecule has 0 unspecified atom stereocenters. The van der Waals surface area contributed by atoms with E-state index in [1.54, 1.807) is 6.92 Å². The predicted octanol–water partition coefficient (Wildman–Crippen LogP) is 2.73. The van der Waals surface area contributed by atoms with Gasteiger partial charge in [-0.25, -0.2) is 4.79 Å². The molecule has 154 valence electrons. The zero-order valence-electron chi connectivity index (χ0n) is 16.7. The highest BCUT2D eigenvalue weighted by molar-refractivity contribution is 6.05. The number of aryl methyl sites for hydroxylation is 1. The van der Waals surface area contributed by atoms with Crippen molar-refractivity contribution >= 4 is 28.7 Å². The molecular formula is C22H26N2O5. The SMILES string of the molecule is CCOC(=O)CCCNC(=O)COC(=O)c1c2c(nc3ccccc13)CCCC2. The van der Waals surface area contributed by atoms with Crippen molar-refractivity contribution in [2.24, 2.45) is 0 Å². The van der Waals surface area contributed by atoms with E-state index in [9.17, 15) is 14.4 Å². The third kappa shape index (κ3) is 5.31. The Labute approximate surface area is 169 Å². The quantitative estimate of drug-likeness (QED) is 0.543. The van der Waals surface area contributed by atoms with Crippen LogP contribution >= 0.6 is 0 Å². The molecule has 1 aliphatic rings. The number of esters is 2. The van der Waals surface area contributed by atoms with Gasteiger partial charge in [0, 0.05) is 24.0 Å². The summed E-state index contributed by atoms with van der Waals surface area (Å²) in [4.78, 5) is 40.8. The molecular weight excluding hydrogens is 372 g/mol. The highest BCUT2D eigenvalue weighted by Gasteiger charge is 2.24. The smallest absolute Gasteiger partial charge is 0.339 e. The molecule has 1 amide bonds. The first-order valence-corrected chi connectivity index (χ1v) is 10.1. The van der Waals surface area contributed by atoms with E-state index in [1.165, 1.54) is 0 Å². The standard InChI is InChI=1S/C22H26N2O5/c1-2-28-20(26)12-7-13-23-19(25)14-29-22(27)21-15-8-3-5-10-17(15)24-18-11-6-4-9-16(18)21/h3,5,8,10H,2,4,6-7,9,11-14H2,1H3,(H,23,25). The molecule has 7 nitrogen and oxygen atoms in total. The minimum absolute atomic E-state index is 0.239. The minimum Gasteiger partial charge on any atom is -0.466 e. The van der Waals surface area contributed by atoms with Gasteiger partial charge in [-0.1, -0.05) is 18.2 Å². The van der Waals surface area contributed by atoms with Crippen molar-refractivity contribution in [3.05, 3.63) is 41.1 Å². The molecule has 0 aliphatic heterocycles. The number of amides is 1. The average molecular weight is 398 g/mol. The average Bonchev–Trinajstić information content (AvgIpc) is 2.73. The minimum atomic E-state index is -0.497. The van der Waals surface area contributed by atoms with Gasteiger partial charge in [-0.05, 0) is 50.7 Å². The number of para-hydroxylation sites is 1. The zero-order chi connectivity index (χ0) is 20.6. The first-order valence-electron chi connectivity index (χ1n) is 10.1. The summed E-state index contributed by atoms with van der Waals surface area (Å²) < 4.78 is 10.1. The van der Waals surface area contributed by atoms with Gasteiger partial charge in [0.05, 0.1) is 17.7 Å². The first-order chi connectivity index (χ1) is 14.1. The molecule has 2 aromatic rings. The van der Waals surface area contributed by atoms with Crippen LogP contribution in [-0.4, -0.2) is 42.6 Å². The molecule has 0 radical (unpaired) electrons. The molecule has 0 bridgehead atoms. The summed E-state index contributed by atoms with van der Waals surface area (Å²) in [7, 11) is 0. The normalized spacial score (nSPS) is 12.9. The molecule has 0 saturated heterocycles. The lowest BCUT2D eigenvalue weighted by molar-refractivity contribution is -0.143. The van der Waals surface area contributed by atoms with E-state index in [1.807, 2.05) is 24.3 Å². The van der Waals surface area contributed by atoms with E-state index >= 15 is 0 Å². The van der Waals surface area contributed by atoms with Crippen molar-refractivity contribution in [2.45, 2.75) is 45.4 Å². The second-order valence-electron chi connectivity index (χ2n) is 6.97. The van der Waals surface area contributed by atoms with Crippen LogP contribution in [0.1, 0.15) is 54.2 Å². The Morgan fingerprint density at radius 1 is 1.10 bits per heavy atom. The third-order valence-corrected chi connectivity index (χ3v) is 4.89. The van der Waals surface area contributed by atoms with Crippen molar-refractivity contribution < 1.29 is 23.9 Å². The number of hydrogen-bond acceptors (Lipinski definition) is 6. The van der Waals surface area contributed by atoms with Crippen molar-refractivity contribution in [3.63, 3.8) is 0 Å². The Bertz CT molecular complexity index is 909. The lowest BCUT2D eigenvalue weighted by Crippen LogP contribution is -2.30. The summed E-state index contributed by atoms with van der Waals surface area (Å²) >= 11 is 0. The number of nitrogens with zero attached hydrogens (tertiary/aromatic N) is 1. The second kappa shape index (κ2) is 10.0. The van der Waals surface area contributed by atoms with E-state index in [0.29, 0.717) is 25.1 Å². The maximum atomic E-state index is 12.8. The fraction of sp³-hybridized carbons (Fsp3) is 0.455. The number of ether oxygens (including phenoxy) is 2. The van der Waals surface area contributed by atoms with Gasteiger partial charge >= 0.3 is 11.9 Å². The summed E-state index contributed by atoms with van der Waals surface area (Å²) in [6.07, 6.45) is 4.42. The lowest BCUT2D eigenvalue weighted by atomic mass is 9.90. The number of pyridine rings is 1. The second-order valence-corrected chi connectivity index (χ2v) is 6.97. The van der Waals surface area contributed by atoms with Crippen LogP contribution in [0.5, 0.6) is 0 Å². The third-order valence-electron chi connectivity index (χ3n) is 4.89. The van der Waals surface area contributed by atoms with Gasteiger partial charge in [-0.15, -0.1) is 0 Å². The van der Waals surface area contributed by atoms with Crippen LogP contribution in [0.3, 0.4) is 0 Å². The van der Waals surface area contributed by atoms with Crippen molar-refractivity contribution in [3.8, 4) is 0 Å². The molecule has 7 heteroatoms. The number of benzene rings is 1. The zero-order valence-corrected chi connectivity index (χ0v) is 16.7. The van der Waals surface area contributed by atoms with Crippen LogP contribution in [-0.2, 0) is 31.9 Å². The van der Waals surface area contributed by atoms with Gasteiger partial charge in [0.25, 0.3) is 5.91 Å². The lowest BCUT2D eigenvalue weighted by Gasteiger charge is -2.19. The molecule has 1 aromatic carbocycles. The first kappa shape index (κ1) is 20.8. The van der Waals surface area contributed by atoms with Gasteiger partial charge in [0.2, 0.25) is 0 Å². The highest BCUT2D eigenvalue weighted by Crippen LogP contribution is 2.29. The van der Waals surface area contributed by atoms with Crippen molar-refractivity contribution in [1.29, 1.82) is 0 Å². The largest absolute Gasteiger partial charge is 0.466 e. The molecule has 0 fully saturated rings. The van der Waals surface area contributed by atoms with E-state index in [0.717, 1.165) is 47.8 Å². The maximum absolute atomic E-state index is 12.8. The van der Waals surface area contributed by atoms with Gasteiger partial charge in [0.1, 0.15) is 0 Å². The van der Waals surface area contributed by atoms with E-state index in [2.05, 4.69) is 5.32 Å². The summed E-state index contributed by atoms with van der Waals surface area (Å²) in [5, 5.41) is 3.41. The van der Waals surface area contributed by atoms with Gasteiger partial charge in [0.15, 0.2) is 6.61 Å². The molecule has 0 saturated carbocycles. The number of fused-ring (bicyclic) bond motifs is 2. The summed E-state index contributed by atoms with van der Waals surface area (Å²) in [6, 6.07) is 7.51. The van der Waals surface area contributed by atoms with Crippen LogP contribution in [0.15, 0.2) is 24.3 Å². The van der Waals surface area contributed by atoms with Crippen molar-refractivity contribution in [1.82, 2.24) is 10.3 Å². The van der Waals surface area contributed by atoms with Crippen LogP contribution in [0.2, 0.25) is 0 Å². The fourth-order valence-corrected chi connectivity index (χ4v) is 3.55. The van der Waals surface area contributed by atoms with E-state index in [-0.39, 0.29) is 19.0 Å². The molecule has 3 rings (SSSR count). The number of rotatable bonds is 8. The fourth-order valence-electron chi connectivity index (χ4n) is 3.55. The number of carbonyl (C=O) groups excluding carboxylic acids is 3. The van der Waals surface area contributed by atoms with Gasteiger partial charge in [-0.3, -0.25) is 14.6 Å². The van der Waals surface area contributed by atoms with Crippen LogP contribution in [0.4, 0.5) is 0 Å². The molecule has 1 N–H and O–H groups in total. The van der Waals surface area contributed by atoms with Crippen LogP contribution < -0.4 is 5.32 Å². The Kier molecular flexibility index (Phi) is 7.16. The predicted molar refractivity (Wildman–Crippen MR) is 108 cm³/mol. The molecule has 0 spiro atoms. The number of hydrogen-bond donors (Lipinski definition) is 1. The molecule has 1 aromatic heterocycles. The monoisotopic (exact) mass is 398 g/mol. The number of nitrogens with one attached hydrogen (secondary N) is 1. The van der Waals surface area contributed by atoms with E-state index in [4.69, 9.17) is 14.5 Å². The summed E-state index contributed by atoms with van der Waals surface area (Å²) in [5.74, 6) is -1.18. The maximum Gasteiger partial charge on any atom is 0.339 e. The summed E-state index contributed by atoms with van der Waals surface area (Å²) in [5.41, 5.74) is 3.18. The van der Waals surface area contributed by atoms with Gasteiger partial charge < -0.3 is 14.8 Å². The molecule has 0 atom stereocenters. The number of aromatic nitrogens is 1. The highest BCUT2D eigenvalue weighted by atomic mass is 16.5. The van der Waals surface area contributed by atoms with E-state index < -0.39 is 11.9 Å². The molecule has 29 heavy (non-hydrogen) atoms. The Hall–Kier alpha value is -2.96. The van der Waals surface area contributed by atoms with Crippen LogP contribution in [0, 0.1) is 0 Å². The molecule has 1 aliphatic carbocycles. The topological polar surface area (TPSA) is 94.6 Å².